The summed E-state index contributed by atoms with van der Waals surface area (Å²) in [6, 6.07) is 15.6. The second-order valence-corrected chi connectivity index (χ2v) is 13.8. The molecular formula is C39H51N5O4. The van der Waals surface area contributed by atoms with E-state index in [4.69, 9.17) is 20.9 Å². The molecule has 0 bridgehead atoms. The van der Waals surface area contributed by atoms with Crippen LogP contribution >= 0.6 is 0 Å². The summed E-state index contributed by atoms with van der Waals surface area (Å²) >= 11 is 0. The van der Waals surface area contributed by atoms with Gasteiger partial charge in [-0.05, 0) is 76.3 Å². The SMILES string of the molecule is CCOC(=O)CC(N)c1cc(-c2cccnc2)cc(C(C)(C)C)c1.CCOC(=O)CC(N)c1cc(-c2cncnc2)cc(C(C)(C)C)c1. The summed E-state index contributed by atoms with van der Waals surface area (Å²) in [5.41, 5.74) is 20.7. The average molecular weight is 654 g/mol. The number of carbonyl (C=O) groups is 2. The average Bonchev–Trinajstić information content (AvgIpc) is 3.05. The number of rotatable bonds is 10. The van der Waals surface area contributed by atoms with E-state index in [0.717, 1.165) is 38.9 Å². The lowest BCUT2D eigenvalue weighted by Crippen LogP contribution is -2.19. The van der Waals surface area contributed by atoms with Crippen LogP contribution in [0.2, 0.25) is 0 Å². The second-order valence-electron chi connectivity index (χ2n) is 13.8. The van der Waals surface area contributed by atoms with Crippen molar-refractivity contribution in [1.29, 1.82) is 0 Å². The summed E-state index contributed by atoms with van der Waals surface area (Å²) in [7, 11) is 0. The van der Waals surface area contributed by atoms with Crippen molar-refractivity contribution >= 4 is 11.9 Å². The third-order valence-corrected chi connectivity index (χ3v) is 7.77. The first-order valence-corrected chi connectivity index (χ1v) is 16.4. The van der Waals surface area contributed by atoms with Crippen LogP contribution in [-0.2, 0) is 29.9 Å². The van der Waals surface area contributed by atoms with Crippen molar-refractivity contribution in [3.05, 3.63) is 102 Å². The Balaban J connectivity index is 0.000000260. The molecule has 4 rings (SSSR count). The van der Waals surface area contributed by atoms with E-state index in [0.29, 0.717) is 13.2 Å². The lowest BCUT2D eigenvalue weighted by Gasteiger charge is -2.23. The van der Waals surface area contributed by atoms with Crippen LogP contribution in [0.5, 0.6) is 0 Å². The number of esters is 2. The molecule has 0 radical (unpaired) electrons. The zero-order valence-corrected chi connectivity index (χ0v) is 29.6. The Morgan fingerprint density at radius 3 is 1.48 bits per heavy atom. The van der Waals surface area contributed by atoms with Gasteiger partial charge in [0, 0.05) is 48.0 Å². The Bertz CT molecular complexity index is 1510. The maximum absolute atomic E-state index is 11.8. The summed E-state index contributed by atoms with van der Waals surface area (Å²) < 4.78 is 10.0. The number of hydrogen-bond acceptors (Lipinski definition) is 9. The third kappa shape index (κ3) is 11.3. The van der Waals surface area contributed by atoms with Gasteiger partial charge in [0.2, 0.25) is 0 Å². The number of carbonyl (C=O) groups excluding carboxylic acids is 2. The molecule has 0 amide bonds. The molecule has 2 unspecified atom stereocenters. The highest BCUT2D eigenvalue weighted by molar-refractivity contribution is 5.72. The molecule has 0 saturated heterocycles. The van der Waals surface area contributed by atoms with Crippen LogP contribution in [-0.4, -0.2) is 40.1 Å². The molecule has 0 fully saturated rings. The highest BCUT2D eigenvalue weighted by Crippen LogP contribution is 2.33. The van der Waals surface area contributed by atoms with Crippen molar-refractivity contribution < 1.29 is 19.1 Å². The van der Waals surface area contributed by atoms with Gasteiger partial charge < -0.3 is 20.9 Å². The molecule has 2 aromatic heterocycles. The van der Waals surface area contributed by atoms with Crippen LogP contribution < -0.4 is 11.5 Å². The van der Waals surface area contributed by atoms with E-state index in [9.17, 15) is 9.59 Å². The van der Waals surface area contributed by atoms with E-state index in [-0.39, 0.29) is 41.7 Å². The van der Waals surface area contributed by atoms with Crippen LogP contribution in [0.4, 0.5) is 0 Å². The van der Waals surface area contributed by atoms with E-state index in [1.807, 2.05) is 30.5 Å². The molecule has 48 heavy (non-hydrogen) atoms. The predicted molar refractivity (Wildman–Crippen MR) is 191 cm³/mol. The quantitative estimate of drug-likeness (QED) is 0.167. The minimum absolute atomic E-state index is 0.0172. The van der Waals surface area contributed by atoms with Crippen LogP contribution in [0.3, 0.4) is 0 Å². The second kappa shape index (κ2) is 17.1. The summed E-state index contributed by atoms with van der Waals surface area (Å²) in [6.07, 6.45) is 8.97. The van der Waals surface area contributed by atoms with Crippen molar-refractivity contribution in [2.24, 2.45) is 11.5 Å². The summed E-state index contributed by atoms with van der Waals surface area (Å²) in [4.78, 5) is 35.9. The Hall–Kier alpha value is -4.47. The topological polar surface area (TPSA) is 143 Å². The van der Waals surface area contributed by atoms with Gasteiger partial charge in [-0.1, -0.05) is 71.9 Å². The largest absolute Gasteiger partial charge is 0.466 e. The smallest absolute Gasteiger partial charge is 0.307 e. The molecule has 2 heterocycles. The highest BCUT2D eigenvalue weighted by Gasteiger charge is 2.21. The molecule has 0 aliphatic heterocycles. The Labute approximate surface area is 285 Å². The fourth-order valence-electron chi connectivity index (χ4n) is 4.95. The summed E-state index contributed by atoms with van der Waals surface area (Å²) in [5.74, 6) is -0.551. The van der Waals surface area contributed by atoms with E-state index in [2.05, 4.69) is 80.8 Å². The normalized spacial score (nSPS) is 12.7. The van der Waals surface area contributed by atoms with Gasteiger partial charge >= 0.3 is 11.9 Å². The molecule has 256 valence electrons. The van der Waals surface area contributed by atoms with E-state index in [1.165, 1.54) is 11.9 Å². The monoisotopic (exact) mass is 653 g/mol. The zero-order valence-electron chi connectivity index (χ0n) is 29.6. The number of nitrogens with two attached hydrogens (primary N) is 2. The van der Waals surface area contributed by atoms with Crippen LogP contribution in [0, 0.1) is 0 Å². The Kier molecular flexibility index (Phi) is 13.5. The van der Waals surface area contributed by atoms with Gasteiger partial charge in [0.15, 0.2) is 0 Å². The minimum atomic E-state index is -0.408. The molecule has 0 saturated carbocycles. The van der Waals surface area contributed by atoms with Gasteiger partial charge in [0.25, 0.3) is 0 Å². The molecule has 4 N–H and O–H groups in total. The van der Waals surface area contributed by atoms with Crippen molar-refractivity contribution in [1.82, 2.24) is 15.0 Å². The van der Waals surface area contributed by atoms with Crippen molar-refractivity contribution in [2.45, 2.75) is 91.1 Å². The number of benzene rings is 2. The summed E-state index contributed by atoms with van der Waals surface area (Å²) in [6.45, 7) is 17.2. The predicted octanol–water partition coefficient (Wildman–Crippen LogP) is 7.39. The molecular weight excluding hydrogens is 602 g/mol. The molecule has 9 nitrogen and oxygen atoms in total. The number of pyridine rings is 1. The number of aromatic nitrogens is 3. The zero-order chi connectivity index (χ0) is 35.5. The first kappa shape index (κ1) is 38.0. The van der Waals surface area contributed by atoms with Crippen LogP contribution in [0.15, 0.2) is 79.6 Å². The number of nitrogens with zero attached hydrogens (tertiary/aromatic N) is 3. The Morgan fingerprint density at radius 1 is 0.646 bits per heavy atom. The van der Waals surface area contributed by atoms with E-state index < -0.39 is 6.04 Å². The van der Waals surface area contributed by atoms with Gasteiger partial charge in [-0.2, -0.15) is 0 Å². The van der Waals surface area contributed by atoms with Crippen molar-refractivity contribution in [2.75, 3.05) is 13.2 Å². The fraction of sp³-hybridized carbons (Fsp3) is 0.410. The van der Waals surface area contributed by atoms with E-state index in [1.54, 1.807) is 32.4 Å². The third-order valence-electron chi connectivity index (χ3n) is 7.77. The van der Waals surface area contributed by atoms with E-state index >= 15 is 0 Å². The maximum Gasteiger partial charge on any atom is 0.307 e. The standard InChI is InChI=1S/C20H26N2O2.C19H25N3O2/c1-5-24-19(23)12-18(21)16-9-15(14-7-6-8-22-13-14)10-17(11-16)20(2,3)4;1-5-24-18(23)9-17(20)14-6-13(15-10-21-12-22-11-15)7-16(8-14)19(2,3)4/h6-11,13,18H,5,12,21H2,1-4H3;6-8,10-12,17H,5,9,20H2,1-4H3. The number of ether oxygens (including phenoxy) is 2. The van der Waals surface area contributed by atoms with Gasteiger partial charge in [0.1, 0.15) is 6.33 Å². The molecule has 9 heteroatoms. The minimum Gasteiger partial charge on any atom is -0.466 e. The van der Waals surface area contributed by atoms with Crippen molar-refractivity contribution in [3.63, 3.8) is 0 Å². The first-order chi connectivity index (χ1) is 22.6. The Morgan fingerprint density at radius 2 is 1.08 bits per heavy atom. The molecule has 2 atom stereocenters. The first-order valence-electron chi connectivity index (χ1n) is 16.4. The molecule has 4 aromatic rings. The molecule has 0 aliphatic carbocycles. The number of hydrogen-bond donors (Lipinski definition) is 2. The molecule has 0 spiro atoms. The lowest BCUT2D eigenvalue weighted by molar-refractivity contribution is -0.144. The van der Waals surface area contributed by atoms with Gasteiger partial charge in [-0.25, -0.2) is 9.97 Å². The van der Waals surface area contributed by atoms with Gasteiger partial charge in [-0.15, -0.1) is 0 Å². The van der Waals surface area contributed by atoms with Gasteiger partial charge in [-0.3, -0.25) is 14.6 Å². The van der Waals surface area contributed by atoms with Crippen molar-refractivity contribution in [3.8, 4) is 22.3 Å². The maximum atomic E-state index is 11.8. The molecule has 0 aliphatic rings. The van der Waals surface area contributed by atoms with Crippen LogP contribution in [0.1, 0.15) is 103 Å². The lowest BCUT2D eigenvalue weighted by atomic mass is 9.83. The van der Waals surface area contributed by atoms with Crippen LogP contribution in [0.25, 0.3) is 22.3 Å². The fourth-order valence-corrected chi connectivity index (χ4v) is 4.95. The summed E-state index contributed by atoms with van der Waals surface area (Å²) in [5, 5.41) is 0. The molecule has 2 aromatic carbocycles. The van der Waals surface area contributed by atoms with Gasteiger partial charge in [0.05, 0.1) is 26.1 Å². The highest BCUT2D eigenvalue weighted by atomic mass is 16.5.